The van der Waals surface area contributed by atoms with Gasteiger partial charge in [-0.1, -0.05) is 22.9 Å². The second-order valence-electron chi connectivity index (χ2n) is 4.38. The normalized spacial score (nSPS) is 25.0. The summed E-state index contributed by atoms with van der Waals surface area (Å²) in [5.74, 6) is 0.816. The number of halogens is 1. The Morgan fingerprint density at radius 2 is 2.18 bits per heavy atom. The van der Waals surface area contributed by atoms with Gasteiger partial charge in [0.25, 0.3) is 0 Å². The van der Waals surface area contributed by atoms with E-state index in [9.17, 15) is 0 Å². The molecule has 2 unspecified atom stereocenters. The van der Waals surface area contributed by atoms with Gasteiger partial charge in [0.2, 0.25) is 5.95 Å². The van der Waals surface area contributed by atoms with E-state index in [-0.39, 0.29) is 6.10 Å². The van der Waals surface area contributed by atoms with Gasteiger partial charge in [-0.3, -0.25) is 0 Å². The topological polar surface area (TPSA) is 38.2 Å². The Kier molecular flexibility index (Phi) is 4.34. The molecule has 0 aliphatic carbocycles. The van der Waals surface area contributed by atoms with E-state index in [4.69, 9.17) is 4.74 Å². The van der Waals surface area contributed by atoms with Gasteiger partial charge in [0.1, 0.15) is 0 Å². The SMILES string of the molecule is CCC1COC(C)CN1c1ncc(CBr)cn1. The lowest BCUT2D eigenvalue weighted by molar-refractivity contribution is 0.0292. The summed E-state index contributed by atoms with van der Waals surface area (Å²) in [6.07, 6.45) is 5.06. The number of ether oxygens (including phenoxy) is 1. The van der Waals surface area contributed by atoms with E-state index >= 15 is 0 Å². The van der Waals surface area contributed by atoms with Crippen LogP contribution in [0.1, 0.15) is 25.8 Å². The van der Waals surface area contributed by atoms with Crippen LogP contribution in [0.15, 0.2) is 12.4 Å². The molecule has 1 aromatic heterocycles. The summed E-state index contributed by atoms with van der Waals surface area (Å²) in [5.41, 5.74) is 1.10. The van der Waals surface area contributed by atoms with Crippen LogP contribution in [-0.4, -0.2) is 35.3 Å². The zero-order valence-electron chi connectivity index (χ0n) is 10.3. The highest BCUT2D eigenvalue weighted by atomic mass is 79.9. The second kappa shape index (κ2) is 5.78. The molecule has 0 amide bonds. The molecular weight excluding hydrogens is 282 g/mol. The monoisotopic (exact) mass is 299 g/mol. The van der Waals surface area contributed by atoms with Gasteiger partial charge in [-0.15, -0.1) is 0 Å². The molecule has 0 radical (unpaired) electrons. The summed E-state index contributed by atoms with van der Waals surface area (Å²) in [6.45, 7) is 5.89. The summed E-state index contributed by atoms with van der Waals surface area (Å²) in [4.78, 5) is 11.1. The molecule has 1 aliphatic heterocycles. The Morgan fingerprint density at radius 1 is 1.47 bits per heavy atom. The molecule has 4 nitrogen and oxygen atoms in total. The van der Waals surface area contributed by atoms with Crippen molar-refractivity contribution in [2.75, 3.05) is 18.1 Å². The number of hydrogen-bond donors (Lipinski definition) is 0. The van der Waals surface area contributed by atoms with Crippen molar-refractivity contribution in [3.05, 3.63) is 18.0 Å². The maximum atomic E-state index is 5.67. The predicted molar refractivity (Wildman–Crippen MR) is 71.5 cm³/mol. The minimum Gasteiger partial charge on any atom is -0.375 e. The molecule has 0 aromatic carbocycles. The Morgan fingerprint density at radius 3 is 2.76 bits per heavy atom. The molecule has 0 saturated carbocycles. The maximum Gasteiger partial charge on any atom is 0.225 e. The van der Waals surface area contributed by atoms with Crippen molar-refractivity contribution in [1.82, 2.24) is 9.97 Å². The quantitative estimate of drug-likeness (QED) is 0.803. The average Bonchev–Trinajstić information content (AvgIpc) is 2.39. The molecule has 1 saturated heterocycles. The lowest BCUT2D eigenvalue weighted by atomic mass is 10.1. The first-order chi connectivity index (χ1) is 8.24. The molecular formula is C12H18BrN3O. The van der Waals surface area contributed by atoms with Gasteiger partial charge in [0.05, 0.1) is 18.8 Å². The number of morpholine rings is 1. The molecule has 94 valence electrons. The van der Waals surface area contributed by atoms with E-state index in [2.05, 4.69) is 44.6 Å². The number of rotatable bonds is 3. The number of hydrogen-bond acceptors (Lipinski definition) is 4. The van der Waals surface area contributed by atoms with Gasteiger partial charge in [0, 0.05) is 24.3 Å². The molecule has 2 rings (SSSR count). The number of aromatic nitrogens is 2. The molecule has 1 fully saturated rings. The van der Waals surface area contributed by atoms with Crippen molar-refractivity contribution in [2.45, 2.75) is 37.7 Å². The van der Waals surface area contributed by atoms with Crippen molar-refractivity contribution in [2.24, 2.45) is 0 Å². The Balaban J connectivity index is 2.16. The van der Waals surface area contributed by atoms with Gasteiger partial charge < -0.3 is 9.64 Å². The highest BCUT2D eigenvalue weighted by Crippen LogP contribution is 2.19. The highest BCUT2D eigenvalue weighted by molar-refractivity contribution is 9.08. The first-order valence-electron chi connectivity index (χ1n) is 5.99. The number of nitrogens with zero attached hydrogens (tertiary/aromatic N) is 3. The van der Waals surface area contributed by atoms with E-state index in [1.54, 1.807) is 0 Å². The minimum absolute atomic E-state index is 0.247. The minimum atomic E-state index is 0.247. The van der Waals surface area contributed by atoms with E-state index in [1.807, 2.05) is 12.4 Å². The lowest BCUT2D eigenvalue weighted by Gasteiger charge is -2.38. The third-order valence-corrected chi connectivity index (χ3v) is 3.69. The van der Waals surface area contributed by atoms with Crippen LogP contribution in [0, 0.1) is 0 Å². The molecule has 17 heavy (non-hydrogen) atoms. The summed E-state index contributed by atoms with van der Waals surface area (Å²) >= 11 is 3.40. The fourth-order valence-corrected chi connectivity index (χ4v) is 2.28. The van der Waals surface area contributed by atoms with Crippen LogP contribution in [0.5, 0.6) is 0 Å². The van der Waals surface area contributed by atoms with Crippen LogP contribution in [-0.2, 0) is 10.1 Å². The van der Waals surface area contributed by atoms with Crippen molar-refractivity contribution < 1.29 is 4.74 Å². The standard InChI is InChI=1S/C12H18BrN3O/c1-3-11-8-17-9(2)7-16(11)12-14-5-10(4-13)6-15-12/h5-6,9,11H,3-4,7-8H2,1-2H3. The third kappa shape index (κ3) is 2.96. The molecule has 2 atom stereocenters. The van der Waals surface area contributed by atoms with Gasteiger partial charge >= 0.3 is 0 Å². The molecule has 5 heteroatoms. The van der Waals surface area contributed by atoms with Gasteiger partial charge in [-0.05, 0) is 18.9 Å². The van der Waals surface area contributed by atoms with Crippen LogP contribution >= 0.6 is 15.9 Å². The van der Waals surface area contributed by atoms with Gasteiger partial charge in [-0.25, -0.2) is 9.97 Å². The van der Waals surface area contributed by atoms with Crippen LogP contribution < -0.4 is 4.90 Å². The summed E-state index contributed by atoms with van der Waals surface area (Å²) in [5, 5.41) is 0.796. The molecule has 0 spiro atoms. The van der Waals surface area contributed by atoms with E-state index in [1.165, 1.54) is 0 Å². The Labute approximate surface area is 111 Å². The molecule has 2 heterocycles. The first-order valence-corrected chi connectivity index (χ1v) is 7.11. The highest BCUT2D eigenvalue weighted by Gasteiger charge is 2.27. The zero-order valence-corrected chi connectivity index (χ0v) is 11.9. The van der Waals surface area contributed by atoms with Crippen LogP contribution in [0.25, 0.3) is 0 Å². The summed E-state index contributed by atoms with van der Waals surface area (Å²) < 4.78 is 5.67. The van der Waals surface area contributed by atoms with E-state index in [0.29, 0.717) is 6.04 Å². The maximum absolute atomic E-state index is 5.67. The van der Waals surface area contributed by atoms with Crippen LogP contribution in [0.3, 0.4) is 0 Å². The third-order valence-electron chi connectivity index (χ3n) is 3.04. The van der Waals surface area contributed by atoms with Crippen molar-refractivity contribution in [3.63, 3.8) is 0 Å². The Hall–Kier alpha value is -0.680. The Bertz CT molecular complexity index is 357. The molecule has 0 bridgehead atoms. The van der Waals surface area contributed by atoms with Crippen molar-refractivity contribution in [3.8, 4) is 0 Å². The molecule has 1 aliphatic rings. The number of alkyl halides is 1. The fraction of sp³-hybridized carbons (Fsp3) is 0.667. The average molecular weight is 300 g/mol. The lowest BCUT2D eigenvalue weighted by Crippen LogP contribution is -2.49. The van der Waals surface area contributed by atoms with Crippen LogP contribution in [0.4, 0.5) is 5.95 Å². The summed E-state index contributed by atoms with van der Waals surface area (Å²) in [6, 6.07) is 0.390. The van der Waals surface area contributed by atoms with Gasteiger partial charge in [-0.2, -0.15) is 0 Å². The largest absolute Gasteiger partial charge is 0.375 e. The zero-order chi connectivity index (χ0) is 12.3. The smallest absolute Gasteiger partial charge is 0.225 e. The van der Waals surface area contributed by atoms with Gasteiger partial charge in [0.15, 0.2) is 0 Å². The number of anilines is 1. The second-order valence-corrected chi connectivity index (χ2v) is 4.94. The fourth-order valence-electron chi connectivity index (χ4n) is 1.99. The molecule has 1 aromatic rings. The van der Waals surface area contributed by atoms with E-state index in [0.717, 1.165) is 36.4 Å². The predicted octanol–water partition coefficient (Wildman–Crippen LogP) is 2.38. The first kappa shape index (κ1) is 12.8. The van der Waals surface area contributed by atoms with Crippen molar-refractivity contribution >= 4 is 21.9 Å². The van der Waals surface area contributed by atoms with E-state index < -0.39 is 0 Å². The van der Waals surface area contributed by atoms with Crippen LogP contribution in [0.2, 0.25) is 0 Å². The van der Waals surface area contributed by atoms with Crippen molar-refractivity contribution in [1.29, 1.82) is 0 Å². The molecule has 0 N–H and O–H groups in total. The summed E-state index contributed by atoms with van der Waals surface area (Å²) in [7, 11) is 0.